The van der Waals surface area contributed by atoms with Crippen LogP contribution in [-0.4, -0.2) is 30.2 Å². The van der Waals surface area contributed by atoms with Crippen LogP contribution in [-0.2, 0) is 30.3 Å². The maximum atomic E-state index is 11.7. The minimum absolute atomic E-state index is 0. The minimum Gasteiger partial charge on any atom is -0.512 e. The molecule has 6 nitrogen and oxygen atoms in total. The van der Waals surface area contributed by atoms with Crippen molar-refractivity contribution < 1.29 is 30.0 Å². The Hall–Kier alpha value is -3.41. The van der Waals surface area contributed by atoms with Gasteiger partial charge in [-0.15, -0.1) is 29.1 Å². The van der Waals surface area contributed by atoms with Gasteiger partial charge in [0.2, 0.25) is 5.78 Å². The van der Waals surface area contributed by atoms with Gasteiger partial charge in [0.1, 0.15) is 0 Å². The fourth-order valence-corrected chi connectivity index (χ4v) is 5.45. The maximum Gasteiger partial charge on any atom is 0.234 e. The number of hydrogen-bond donors (Lipinski definition) is 1. The van der Waals surface area contributed by atoms with E-state index in [4.69, 9.17) is 4.98 Å². The average Bonchev–Trinajstić information content (AvgIpc) is 3.36. The molecule has 0 spiro atoms. The molecular formula is C36H43IrN4O2-. The summed E-state index contributed by atoms with van der Waals surface area (Å²) in [5.41, 5.74) is 5.01. The molecule has 0 amide bonds. The van der Waals surface area contributed by atoms with Crippen molar-refractivity contribution in [3.63, 3.8) is 0 Å². The molecule has 229 valence electrons. The van der Waals surface area contributed by atoms with Crippen molar-refractivity contribution in [1.29, 1.82) is 0 Å². The van der Waals surface area contributed by atoms with Crippen LogP contribution in [0.5, 0.6) is 0 Å². The standard InChI is InChI=1S/C23H19N4.C13H24O2.Ir/c1-23(2,3)18-14-16(13-15-7-4-5-8-17(15)18)20-21-19(9-11-24-20)26-22-25-10-6-12-27(21)22;1-5-10(6-2)12(14)9-13(15)11(7-3)8-4;/h4-12,14H,1-3H3;9-11,14H,5-8H2,1-4H3;/q-1;;/b;12-9-;. The predicted octanol–water partition coefficient (Wildman–Crippen LogP) is 9.06. The molecule has 3 heterocycles. The van der Waals surface area contributed by atoms with Crippen LogP contribution in [0.3, 0.4) is 0 Å². The summed E-state index contributed by atoms with van der Waals surface area (Å²) < 4.78 is 2.00. The number of ketones is 1. The number of carbonyl (C=O) groups excluding carboxylic acids is 1. The van der Waals surface area contributed by atoms with Crippen molar-refractivity contribution in [2.75, 3.05) is 0 Å². The summed E-state index contributed by atoms with van der Waals surface area (Å²) in [4.78, 5) is 25.4. The summed E-state index contributed by atoms with van der Waals surface area (Å²) in [6, 6.07) is 18.1. The molecule has 5 aromatic rings. The van der Waals surface area contributed by atoms with Gasteiger partial charge in [0, 0.05) is 62.3 Å². The van der Waals surface area contributed by atoms with E-state index in [-0.39, 0.29) is 48.9 Å². The smallest absolute Gasteiger partial charge is 0.234 e. The predicted molar refractivity (Wildman–Crippen MR) is 173 cm³/mol. The summed E-state index contributed by atoms with van der Waals surface area (Å²) in [5.74, 6) is 1.23. The summed E-state index contributed by atoms with van der Waals surface area (Å²) in [5, 5.41) is 12.1. The first kappa shape index (κ1) is 34.1. The summed E-state index contributed by atoms with van der Waals surface area (Å²) in [6.07, 6.45) is 10.5. The molecule has 0 unspecified atom stereocenters. The third-order valence-corrected chi connectivity index (χ3v) is 8.01. The van der Waals surface area contributed by atoms with E-state index in [1.807, 2.05) is 56.6 Å². The summed E-state index contributed by atoms with van der Waals surface area (Å²) in [6.45, 7) is 14.8. The molecule has 0 aliphatic rings. The number of nitrogens with zero attached hydrogens (tertiary/aromatic N) is 4. The molecule has 3 aromatic heterocycles. The van der Waals surface area contributed by atoms with Gasteiger partial charge in [-0.3, -0.25) is 14.2 Å². The number of hydrogen-bond acceptors (Lipinski definition) is 5. The van der Waals surface area contributed by atoms with Crippen molar-refractivity contribution in [2.24, 2.45) is 11.8 Å². The Morgan fingerprint density at radius 2 is 1.63 bits per heavy atom. The number of allylic oxidation sites excluding steroid dienone is 2. The molecule has 5 rings (SSSR count). The van der Waals surface area contributed by atoms with Gasteiger partial charge in [0.25, 0.3) is 0 Å². The number of rotatable bonds is 8. The molecule has 0 saturated carbocycles. The van der Waals surface area contributed by atoms with Crippen molar-refractivity contribution in [3.05, 3.63) is 84.5 Å². The molecular weight excluding hydrogens is 713 g/mol. The number of carbonyl (C=O) groups is 1. The van der Waals surface area contributed by atoms with Crippen molar-refractivity contribution in [3.8, 4) is 11.3 Å². The van der Waals surface area contributed by atoms with Crippen molar-refractivity contribution >= 4 is 33.4 Å². The number of aromatic nitrogens is 4. The largest absolute Gasteiger partial charge is 0.512 e. The van der Waals surface area contributed by atoms with Crippen LogP contribution in [0, 0.1) is 17.9 Å². The van der Waals surface area contributed by atoms with Crippen LogP contribution in [0.4, 0.5) is 0 Å². The zero-order chi connectivity index (χ0) is 30.4. The molecule has 0 atom stereocenters. The van der Waals surface area contributed by atoms with E-state index in [9.17, 15) is 9.90 Å². The van der Waals surface area contributed by atoms with Crippen LogP contribution in [0.25, 0.3) is 38.8 Å². The van der Waals surface area contributed by atoms with Gasteiger partial charge in [0.15, 0.2) is 5.78 Å². The van der Waals surface area contributed by atoms with Crippen LogP contribution in [0.15, 0.2) is 72.9 Å². The number of pyridine rings is 1. The van der Waals surface area contributed by atoms with E-state index in [1.165, 1.54) is 17.0 Å². The van der Waals surface area contributed by atoms with E-state index in [1.54, 1.807) is 6.20 Å². The number of fused-ring (bicyclic) bond motifs is 4. The molecule has 0 saturated heterocycles. The monoisotopic (exact) mass is 756 g/mol. The molecule has 7 heteroatoms. The van der Waals surface area contributed by atoms with E-state index in [2.05, 4.69) is 67.1 Å². The van der Waals surface area contributed by atoms with Gasteiger partial charge >= 0.3 is 0 Å². The van der Waals surface area contributed by atoms with E-state index in [0.717, 1.165) is 53.4 Å². The van der Waals surface area contributed by atoms with Crippen LogP contribution in [0.2, 0.25) is 0 Å². The fourth-order valence-electron chi connectivity index (χ4n) is 5.45. The van der Waals surface area contributed by atoms with Crippen LogP contribution >= 0.6 is 0 Å². The van der Waals surface area contributed by atoms with E-state index < -0.39 is 0 Å². The second-order valence-electron chi connectivity index (χ2n) is 11.8. The van der Waals surface area contributed by atoms with Gasteiger partial charge in [0.05, 0.1) is 16.8 Å². The van der Waals surface area contributed by atoms with E-state index in [0.29, 0.717) is 5.78 Å². The molecule has 0 fully saturated rings. The molecule has 2 aromatic carbocycles. The van der Waals surface area contributed by atoms with Crippen molar-refractivity contribution in [2.45, 2.75) is 79.6 Å². The first-order valence-corrected chi connectivity index (χ1v) is 15.1. The second-order valence-corrected chi connectivity index (χ2v) is 11.8. The normalized spacial score (nSPS) is 12.1. The van der Waals surface area contributed by atoms with Gasteiger partial charge < -0.3 is 5.11 Å². The molecule has 0 aliphatic heterocycles. The number of aliphatic hydroxyl groups is 1. The van der Waals surface area contributed by atoms with E-state index >= 15 is 0 Å². The molecule has 0 aliphatic carbocycles. The number of benzene rings is 2. The zero-order valence-corrected chi connectivity index (χ0v) is 28.7. The first-order valence-electron chi connectivity index (χ1n) is 15.1. The molecule has 1 radical (unpaired) electrons. The SMILES string of the molecule is CC(C)(C)c1cc(-c2nccc3nc4ncccn4c23)[c-]c2ccccc12.CCC(CC)C(=O)/C=C(\O)C(CC)CC.[Ir]. The average molecular weight is 756 g/mol. The molecule has 43 heavy (non-hydrogen) atoms. The fraction of sp³-hybridized carbons (Fsp3) is 0.389. The third kappa shape index (κ3) is 7.57. The maximum absolute atomic E-state index is 11.7. The Morgan fingerprint density at radius 1 is 0.953 bits per heavy atom. The topological polar surface area (TPSA) is 80.4 Å². The summed E-state index contributed by atoms with van der Waals surface area (Å²) >= 11 is 0. The van der Waals surface area contributed by atoms with Crippen LogP contribution in [0.1, 0.15) is 79.7 Å². The Labute approximate surface area is 269 Å². The number of aliphatic hydroxyl groups excluding tert-OH is 1. The second kappa shape index (κ2) is 14.9. The van der Waals surface area contributed by atoms with Gasteiger partial charge in [-0.05, 0) is 43.2 Å². The Balaban J connectivity index is 0.000000274. The van der Waals surface area contributed by atoms with Gasteiger partial charge in [-0.25, -0.2) is 9.97 Å². The van der Waals surface area contributed by atoms with Crippen LogP contribution < -0.4 is 0 Å². The summed E-state index contributed by atoms with van der Waals surface area (Å²) in [7, 11) is 0. The Kier molecular flexibility index (Phi) is 11.8. The Bertz CT molecular complexity index is 1710. The molecule has 1 N–H and O–H groups in total. The third-order valence-electron chi connectivity index (χ3n) is 8.01. The van der Waals surface area contributed by atoms with Gasteiger partial charge in [-0.1, -0.05) is 77.6 Å². The number of imidazole rings is 1. The van der Waals surface area contributed by atoms with Gasteiger partial charge in [-0.2, -0.15) is 0 Å². The Morgan fingerprint density at radius 3 is 2.28 bits per heavy atom. The quantitative estimate of drug-likeness (QED) is 0.0972. The van der Waals surface area contributed by atoms with Crippen molar-refractivity contribution in [1.82, 2.24) is 19.4 Å². The zero-order valence-electron chi connectivity index (χ0n) is 26.3. The first-order chi connectivity index (χ1) is 20.1. The molecule has 0 bridgehead atoms. The minimum atomic E-state index is 0.